The van der Waals surface area contributed by atoms with Crippen molar-refractivity contribution in [2.75, 3.05) is 13.1 Å². The van der Waals surface area contributed by atoms with E-state index in [4.69, 9.17) is 16.3 Å². The van der Waals surface area contributed by atoms with Crippen LogP contribution >= 0.6 is 11.6 Å². The van der Waals surface area contributed by atoms with Gasteiger partial charge in [0.25, 0.3) is 0 Å². The Kier molecular flexibility index (Phi) is 5.11. The highest BCUT2D eigenvalue weighted by Crippen LogP contribution is 2.52. The second-order valence-electron chi connectivity index (χ2n) is 8.71. The number of hydrogen-bond donors (Lipinski definition) is 1. The number of carbonyl (C=O) groups excluding carboxylic acids is 2. The zero-order valence-electron chi connectivity index (χ0n) is 17.4. The molecule has 2 aromatic carbocycles. The average Bonchev–Trinajstić information content (AvgIpc) is 3.39. The Morgan fingerprint density at radius 2 is 2.00 bits per heavy atom. The Morgan fingerprint density at radius 3 is 2.77 bits per heavy atom. The van der Waals surface area contributed by atoms with E-state index in [1.165, 1.54) is 11.1 Å². The van der Waals surface area contributed by atoms with Gasteiger partial charge in [-0.25, -0.2) is 0 Å². The average molecular weight is 437 g/mol. The summed E-state index contributed by atoms with van der Waals surface area (Å²) < 4.78 is 6.20. The van der Waals surface area contributed by atoms with Crippen molar-refractivity contribution in [2.24, 2.45) is 11.8 Å². The number of likely N-dealkylation sites (tertiary alicyclic amines) is 1. The third-order valence-electron chi connectivity index (χ3n) is 6.63. The quantitative estimate of drug-likeness (QED) is 0.707. The van der Waals surface area contributed by atoms with Crippen molar-refractivity contribution < 1.29 is 14.3 Å². The Balaban J connectivity index is 1.27. The second-order valence-corrected chi connectivity index (χ2v) is 9.12. The Labute approximate surface area is 187 Å². The number of halogens is 1. The largest absolute Gasteiger partial charge is 0.360 e. The van der Waals surface area contributed by atoms with Crippen LogP contribution in [0.25, 0.3) is 0 Å². The number of aryl methyl sites for hydroxylation is 1. The van der Waals surface area contributed by atoms with E-state index < -0.39 is 17.4 Å². The molecule has 2 amide bonds. The highest BCUT2D eigenvalue weighted by molar-refractivity contribution is 6.31. The molecule has 0 aromatic heterocycles. The van der Waals surface area contributed by atoms with E-state index in [9.17, 15) is 9.59 Å². The molecule has 6 heteroatoms. The Bertz CT molecular complexity index is 1050. The molecule has 1 spiro atoms. The van der Waals surface area contributed by atoms with Crippen LogP contribution in [0.3, 0.4) is 0 Å². The molecule has 4 atom stereocenters. The van der Waals surface area contributed by atoms with Crippen molar-refractivity contribution in [3.05, 3.63) is 82.4 Å². The van der Waals surface area contributed by atoms with E-state index >= 15 is 0 Å². The van der Waals surface area contributed by atoms with Crippen molar-refractivity contribution in [3.63, 3.8) is 0 Å². The summed E-state index contributed by atoms with van der Waals surface area (Å²) in [6.07, 6.45) is 4.33. The van der Waals surface area contributed by atoms with Crippen LogP contribution in [-0.2, 0) is 27.3 Å². The van der Waals surface area contributed by atoms with Crippen LogP contribution in [0.4, 0.5) is 0 Å². The van der Waals surface area contributed by atoms with E-state index in [0.717, 1.165) is 12.0 Å². The SMILES string of the molecule is Cc1ccc(CCNC(=O)C2[C@H]3C=CC4(CN(Cc5ccccc5Cl)C(=O)[C@@H]24)O3)cc1. The normalized spacial score (nSPS) is 28.3. The van der Waals surface area contributed by atoms with Gasteiger partial charge in [-0.3, -0.25) is 9.59 Å². The summed E-state index contributed by atoms with van der Waals surface area (Å²) in [7, 11) is 0. The lowest BCUT2D eigenvalue weighted by Gasteiger charge is -2.23. The maximum Gasteiger partial charge on any atom is 0.230 e. The monoisotopic (exact) mass is 436 g/mol. The van der Waals surface area contributed by atoms with Crippen LogP contribution in [0.2, 0.25) is 5.02 Å². The first-order chi connectivity index (χ1) is 15.0. The van der Waals surface area contributed by atoms with E-state index in [1.54, 1.807) is 4.90 Å². The van der Waals surface area contributed by atoms with Crippen molar-refractivity contribution in [1.29, 1.82) is 0 Å². The fourth-order valence-corrected chi connectivity index (χ4v) is 5.24. The predicted molar refractivity (Wildman–Crippen MR) is 118 cm³/mol. The molecule has 160 valence electrons. The summed E-state index contributed by atoms with van der Waals surface area (Å²) in [6.45, 7) is 3.45. The summed E-state index contributed by atoms with van der Waals surface area (Å²) >= 11 is 6.30. The van der Waals surface area contributed by atoms with Crippen LogP contribution in [0, 0.1) is 18.8 Å². The number of nitrogens with zero attached hydrogens (tertiary/aromatic N) is 1. The van der Waals surface area contributed by atoms with Crippen LogP contribution in [0.1, 0.15) is 16.7 Å². The van der Waals surface area contributed by atoms with Gasteiger partial charge in [-0.2, -0.15) is 0 Å². The first kappa shape index (κ1) is 20.3. The maximum absolute atomic E-state index is 13.3. The molecule has 1 N–H and O–H groups in total. The molecule has 2 bridgehead atoms. The first-order valence-electron chi connectivity index (χ1n) is 10.7. The molecule has 0 aliphatic carbocycles. The molecular formula is C25H25ClN2O3. The van der Waals surface area contributed by atoms with Crippen molar-refractivity contribution in [1.82, 2.24) is 10.2 Å². The number of carbonyl (C=O) groups is 2. The number of nitrogens with one attached hydrogen (secondary N) is 1. The number of hydrogen-bond acceptors (Lipinski definition) is 3. The van der Waals surface area contributed by atoms with Crippen LogP contribution in [-0.4, -0.2) is 41.5 Å². The molecule has 2 saturated heterocycles. The predicted octanol–water partition coefficient (Wildman–Crippen LogP) is 3.29. The van der Waals surface area contributed by atoms with Gasteiger partial charge in [0.15, 0.2) is 0 Å². The number of rotatable bonds is 6. The minimum atomic E-state index is -0.706. The smallest absolute Gasteiger partial charge is 0.230 e. The van der Waals surface area contributed by atoms with E-state index in [1.807, 2.05) is 36.4 Å². The van der Waals surface area contributed by atoms with Gasteiger partial charge >= 0.3 is 0 Å². The van der Waals surface area contributed by atoms with Gasteiger partial charge < -0.3 is 15.0 Å². The van der Waals surface area contributed by atoms with Gasteiger partial charge in [0.05, 0.1) is 24.5 Å². The van der Waals surface area contributed by atoms with Gasteiger partial charge in [-0.05, 0) is 30.5 Å². The molecule has 5 nitrogen and oxygen atoms in total. The van der Waals surface area contributed by atoms with Gasteiger partial charge in [-0.15, -0.1) is 0 Å². The van der Waals surface area contributed by atoms with Gasteiger partial charge in [0.1, 0.15) is 5.60 Å². The number of benzene rings is 2. The zero-order valence-corrected chi connectivity index (χ0v) is 18.1. The second kappa shape index (κ2) is 7.81. The number of amides is 2. The summed E-state index contributed by atoms with van der Waals surface area (Å²) in [5.74, 6) is -1.12. The highest BCUT2D eigenvalue weighted by atomic mass is 35.5. The van der Waals surface area contributed by atoms with Gasteiger partial charge in [0, 0.05) is 18.1 Å². The highest BCUT2D eigenvalue weighted by Gasteiger charge is 2.66. The molecule has 3 heterocycles. The lowest BCUT2D eigenvalue weighted by atomic mass is 9.77. The fraction of sp³-hybridized carbons (Fsp3) is 0.360. The van der Waals surface area contributed by atoms with Gasteiger partial charge in [0.2, 0.25) is 11.8 Å². The molecule has 2 aromatic rings. The summed E-state index contributed by atoms with van der Waals surface area (Å²) in [6, 6.07) is 15.8. The first-order valence-corrected chi connectivity index (χ1v) is 11.1. The summed E-state index contributed by atoms with van der Waals surface area (Å²) in [5.41, 5.74) is 2.58. The van der Waals surface area contributed by atoms with E-state index in [-0.39, 0.29) is 17.9 Å². The molecule has 5 rings (SSSR count). The lowest BCUT2D eigenvalue weighted by molar-refractivity contribution is -0.137. The van der Waals surface area contributed by atoms with Crippen molar-refractivity contribution in [3.8, 4) is 0 Å². The Hall–Kier alpha value is -2.63. The summed E-state index contributed by atoms with van der Waals surface area (Å²) in [5, 5.41) is 3.67. The molecule has 2 unspecified atom stereocenters. The summed E-state index contributed by atoms with van der Waals surface area (Å²) in [4.78, 5) is 28.2. The standard InChI is InChI=1S/C25H25ClN2O3/c1-16-6-8-17(9-7-16)11-13-27-23(29)21-20-10-12-25(31-20)15-28(24(30)22(21)25)14-18-4-2-3-5-19(18)26/h2-10,12,20-22H,11,13-15H2,1H3,(H,27,29)/t20-,21?,22-,25?/m1/s1. The maximum atomic E-state index is 13.3. The minimum Gasteiger partial charge on any atom is -0.360 e. The molecule has 3 aliphatic heterocycles. The number of fused-ring (bicyclic) bond motifs is 1. The van der Waals surface area contributed by atoms with E-state index in [2.05, 4.69) is 36.5 Å². The molecular weight excluding hydrogens is 412 g/mol. The molecule has 31 heavy (non-hydrogen) atoms. The van der Waals surface area contributed by atoms with Crippen LogP contribution in [0.5, 0.6) is 0 Å². The van der Waals surface area contributed by atoms with Crippen LogP contribution in [0.15, 0.2) is 60.7 Å². The van der Waals surface area contributed by atoms with E-state index in [0.29, 0.717) is 24.7 Å². The fourth-order valence-electron chi connectivity index (χ4n) is 5.05. The topological polar surface area (TPSA) is 58.6 Å². The molecule has 0 saturated carbocycles. The molecule has 3 aliphatic rings. The van der Waals surface area contributed by atoms with Crippen LogP contribution < -0.4 is 5.32 Å². The Morgan fingerprint density at radius 1 is 1.23 bits per heavy atom. The lowest BCUT2D eigenvalue weighted by Crippen LogP contribution is -2.44. The zero-order chi connectivity index (χ0) is 21.6. The van der Waals surface area contributed by atoms with Gasteiger partial charge in [-0.1, -0.05) is 71.8 Å². The van der Waals surface area contributed by atoms with Crippen molar-refractivity contribution >= 4 is 23.4 Å². The third kappa shape index (κ3) is 3.56. The minimum absolute atomic E-state index is 0.0366. The number of ether oxygens (including phenoxy) is 1. The third-order valence-corrected chi connectivity index (χ3v) is 7.00. The van der Waals surface area contributed by atoms with Crippen molar-refractivity contribution in [2.45, 2.75) is 31.6 Å². The molecule has 0 radical (unpaired) electrons. The molecule has 2 fully saturated rings.